The number of benzene rings is 2. The first-order valence-electron chi connectivity index (χ1n) is 8.75. The summed E-state index contributed by atoms with van der Waals surface area (Å²) in [5, 5.41) is 0. The highest BCUT2D eigenvalue weighted by molar-refractivity contribution is 7.17. The van der Waals surface area contributed by atoms with Crippen molar-refractivity contribution in [3.8, 4) is 17.2 Å². The van der Waals surface area contributed by atoms with Gasteiger partial charge in [0, 0.05) is 17.7 Å². The summed E-state index contributed by atoms with van der Waals surface area (Å²) >= 11 is 7.10. The third-order valence-electron chi connectivity index (χ3n) is 4.49. The van der Waals surface area contributed by atoms with Crippen LogP contribution >= 0.6 is 22.9 Å². The van der Waals surface area contributed by atoms with E-state index in [-0.39, 0.29) is 5.91 Å². The molecule has 0 bridgehead atoms. The lowest BCUT2D eigenvalue weighted by Gasteiger charge is -2.26. The van der Waals surface area contributed by atoms with Gasteiger partial charge in [-0.2, -0.15) is 0 Å². The van der Waals surface area contributed by atoms with Crippen molar-refractivity contribution in [3.63, 3.8) is 0 Å². The van der Waals surface area contributed by atoms with Crippen molar-refractivity contribution < 1.29 is 19.0 Å². The summed E-state index contributed by atoms with van der Waals surface area (Å²) in [5.41, 5.74) is 2.45. The molecule has 0 aliphatic carbocycles. The predicted molar refractivity (Wildman–Crippen MR) is 115 cm³/mol. The van der Waals surface area contributed by atoms with Gasteiger partial charge in [0.15, 0.2) is 4.47 Å². The van der Waals surface area contributed by atoms with Crippen LogP contribution in [0.3, 0.4) is 0 Å². The van der Waals surface area contributed by atoms with Crippen LogP contribution in [-0.2, 0) is 6.54 Å². The maximum absolute atomic E-state index is 13.4. The average molecular weight is 433 g/mol. The molecule has 1 aromatic heterocycles. The molecule has 0 fully saturated rings. The molecule has 0 saturated heterocycles. The van der Waals surface area contributed by atoms with Crippen LogP contribution in [0.2, 0.25) is 4.47 Å². The van der Waals surface area contributed by atoms with Crippen LogP contribution in [0.25, 0.3) is 0 Å². The number of methoxy groups -OCH3 is 3. The van der Waals surface area contributed by atoms with Crippen molar-refractivity contribution in [2.45, 2.75) is 13.5 Å². The number of amides is 1. The highest BCUT2D eigenvalue weighted by Gasteiger charge is 2.24. The number of thiazole rings is 1. The number of halogens is 1. The fourth-order valence-electron chi connectivity index (χ4n) is 2.92. The molecular formula is C21H21ClN2O4S. The molecule has 2 aromatic carbocycles. The molecule has 29 heavy (non-hydrogen) atoms. The van der Waals surface area contributed by atoms with Gasteiger partial charge in [0.1, 0.15) is 22.1 Å². The Labute approximate surface area is 178 Å². The Hall–Kier alpha value is -2.77. The van der Waals surface area contributed by atoms with Gasteiger partial charge < -0.3 is 19.1 Å². The van der Waals surface area contributed by atoms with Crippen LogP contribution in [-0.4, -0.2) is 32.2 Å². The second-order valence-electron chi connectivity index (χ2n) is 6.19. The van der Waals surface area contributed by atoms with E-state index in [9.17, 15) is 4.79 Å². The summed E-state index contributed by atoms with van der Waals surface area (Å²) in [4.78, 5) is 19.5. The zero-order valence-corrected chi connectivity index (χ0v) is 18.1. The normalized spacial score (nSPS) is 10.5. The Bertz CT molecular complexity index is 1000. The maximum Gasteiger partial charge on any atom is 0.270 e. The Balaban J connectivity index is 2.08. The van der Waals surface area contributed by atoms with Crippen molar-refractivity contribution in [2.24, 2.45) is 0 Å². The summed E-state index contributed by atoms with van der Waals surface area (Å²) in [6.45, 7) is 2.25. The number of anilines is 1. The maximum atomic E-state index is 13.4. The number of carbonyl (C=O) groups is 1. The minimum absolute atomic E-state index is 0.205. The van der Waals surface area contributed by atoms with Gasteiger partial charge in [-0.3, -0.25) is 4.79 Å². The predicted octanol–water partition coefficient (Wildman–Crippen LogP) is 4.98. The van der Waals surface area contributed by atoms with Crippen LogP contribution < -0.4 is 19.1 Å². The van der Waals surface area contributed by atoms with E-state index in [1.54, 1.807) is 32.3 Å². The molecule has 0 spiro atoms. The monoisotopic (exact) mass is 432 g/mol. The lowest BCUT2D eigenvalue weighted by Crippen LogP contribution is -2.30. The van der Waals surface area contributed by atoms with Gasteiger partial charge in [0.05, 0.1) is 39.8 Å². The number of hydrogen-bond acceptors (Lipinski definition) is 6. The molecule has 0 unspecified atom stereocenters. The third-order valence-corrected chi connectivity index (χ3v) is 5.59. The smallest absolute Gasteiger partial charge is 0.270 e. The lowest BCUT2D eigenvalue weighted by atomic mass is 10.1. The first kappa shape index (κ1) is 21.0. The second-order valence-corrected chi connectivity index (χ2v) is 7.80. The Morgan fingerprint density at radius 2 is 1.76 bits per heavy atom. The standard InChI is InChI=1S/C21H21ClN2O4S/c1-13-17(9-16(27-3)10-18(13)28-4)24(20(25)19-11-23-21(22)29-19)12-14-5-7-15(26-2)8-6-14/h5-11H,12H2,1-4H3. The largest absolute Gasteiger partial charge is 0.497 e. The molecule has 1 amide bonds. The van der Waals surface area contributed by atoms with E-state index in [4.69, 9.17) is 25.8 Å². The van der Waals surface area contributed by atoms with E-state index < -0.39 is 0 Å². The van der Waals surface area contributed by atoms with E-state index in [1.165, 1.54) is 6.20 Å². The second kappa shape index (κ2) is 9.15. The minimum atomic E-state index is -0.205. The molecule has 0 radical (unpaired) electrons. The zero-order chi connectivity index (χ0) is 21.0. The number of rotatable bonds is 7. The van der Waals surface area contributed by atoms with Crippen LogP contribution in [0, 0.1) is 6.92 Å². The average Bonchev–Trinajstić information content (AvgIpc) is 3.18. The van der Waals surface area contributed by atoms with Gasteiger partial charge in [-0.1, -0.05) is 35.1 Å². The molecule has 0 saturated carbocycles. The van der Waals surface area contributed by atoms with Crippen molar-refractivity contribution in [1.82, 2.24) is 4.98 Å². The highest BCUT2D eigenvalue weighted by atomic mass is 35.5. The van der Waals surface area contributed by atoms with Crippen molar-refractivity contribution >= 4 is 34.5 Å². The van der Waals surface area contributed by atoms with Crippen molar-refractivity contribution in [1.29, 1.82) is 0 Å². The first-order chi connectivity index (χ1) is 14.0. The van der Waals surface area contributed by atoms with Gasteiger partial charge >= 0.3 is 0 Å². The van der Waals surface area contributed by atoms with E-state index in [1.807, 2.05) is 37.3 Å². The fourth-order valence-corrected chi connectivity index (χ4v) is 3.81. The summed E-state index contributed by atoms with van der Waals surface area (Å²) < 4.78 is 16.4. The van der Waals surface area contributed by atoms with Gasteiger partial charge in [-0.05, 0) is 24.6 Å². The number of ether oxygens (including phenoxy) is 3. The molecule has 0 aliphatic rings. The SMILES string of the molecule is COc1ccc(CN(C(=O)c2cnc(Cl)s2)c2cc(OC)cc(OC)c2C)cc1. The molecule has 8 heteroatoms. The fraction of sp³-hybridized carbons (Fsp3) is 0.238. The molecule has 0 N–H and O–H groups in total. The molecule has 152 valence electrons. The molecule has 0 aliphatic heterocycles. The van der Waals surface area contributed by atoms with Gasteiger partial charge in [-0.25, -0.2) is 4.98 Å². The minimum Gasteiger partial charge on any atom is -0.497 e. The summed E-state index contributed by atoms with van der Waals surface area (Å²) in [7, 11) is 4.78. The number of nitrogens with zero attached hydrogens (tertiary/aromatic N) is 2. The zero-order valence-electron chi connectivity index (χ0n) is 16.6. The molecule has 1 heterocycles. The first-order valence-corrected chi connectivity index (χ1v) is 9.95. The Morgan fingerprint density at radius 3 is 2.31 bits per heavy atom. The third kappa shape index (κ3) is 4.63. The van der Waals surface area contributed by atoms with Crippen molar-refractivity contribution in [3.05, 3.63) is 63.1 Å². The van der Waals surface area contributed by atoms with Crippen LogP contribution in [0.15, 0.2) is 42.6 Å². The van der Waals surface area contributed by atoms with Crippen LogP contribution in [0.5, 0.6) is 17.2 Å². The van der Waals surface area contributed by atoms with E-state index in [2.05, 4.69) is 4.98 Å². The molecular weight excluding hydrogens is 412 g/mol. The Morgan fingerprint density at radius 1 is 1.07 bits per heavy atom. The van der Waals surface area contributed by atoms with Gasteiger partial charge in [0.2, 0.25) is 0 Å². The van der Waals surface area contributed by atoms with Crippen molar-refractivity contribution in [2.75, 3.05) is 26.2 Å². The lowest BCUT2D eigenvalue weighted by molar-refractivity contribution is 0.0988. The van der Waals surface area contributed by atoms with Crippen LogP contribution in [0.1, 0.15) is 20.8 Å². The number of carbonyl (C=O) groups excluding carboxylic acids is 1. The molecule has 6 nitrogen and oxygen atoms in total. The van der Waals surface area contributed by atoms with E-state index >= 15 is 0 Å². The molecule has 3 aromatic rings. The topological polar surface area (TPSA) is 60.9 Å². The summed E-state index contributed by atoms with van der Waals surface area (Å²) in [6, 6.07) is 11.2. The van der Waals surface area contributed by atoms with Gasteiger partial charge in [-0.15, -0.1) is 0 Å². The van der Waals surface area contributed by atoms with Crippen LogP contribution in [0.4, 0.5) is 5.69 Å². The highest BCUT2D eigenvalue weighted by Crippen LogP contribution is 2.36. The summed E-state index contributed by atoms with van der Waals surface area (Å²) in [6.07, 6.45) is 1.49. The summed E-state index contributed by atoms with van der Waals surface area (Å²) in [5.74, 6) is 1.77. The quantitative estimate of drug-likeness (QED) is 0.527. The number of aromatic nitrogens is 1. The van der Waals surface area contributed by atoms with Gasteiger partial charge in [0.25, 0.3) is 5.91 Å². The number of hydrogen-bond donors (Lipinski definition) is 0. The molecule has 3 rings (SSSR count). The van der Waals surface area contributed by atoms with E-state index in [0.29, 0.717) is 33.1 Å². The Kier molecular flexibility index (Phi) is 6.61. The van der Waals surface area contributed by atoms with E-state index in [0.717, 1.165) is 28.2 Å². The molecule has 0 atom stereocenters.